The molecule has 0 aliphatic carbocycles. The Morgan fingerprint density at radius 2 is 1.86 bits per heavy atom. The number of para-hydroxylation sites is 1. The number of anilines is 1. The van der Waals surface area contributed by atoms with Crippen LogP contribution in [0.3, 0.4) is 0 Å². The van der Waals surface area contributed by atoms with E-state index in [0.717, 1.165) is 5.69 Å². The molecule has 0 saturated heterocycles. The average molecular weight is 296 g/mol. The van der Waals surface area contributed by atoms with E-state index in [4.69, 9.17) is 12.2 Å². The van der Waals surface area contributed by atoms with Crippen molar-refractivity contribution >= 4 is 23.8 Å². The highest BCUT2D eigenvalue weighted by atomic mass is 32.1. The minimum Gasteiger partial charge on any atom is -0.336 e. The predicted molar refractivity (Wildman–Crippen MR) is 83.1 cm³/mol. The normalized spacial score (nSPS) is 10.3. The molecule has 5 nitrogen and oxygen atoms in total. The maximum absolute atomic E-state index is 12.4. The Morgan fingerprint density at radius 3 is 2.57 bits per heavy atom. The van der Waals surface area contributed by atoms with Gasteiger partial charge in [-0.1, -0.05) is 18.2 Å². The summed E-state index contributed by atoms with van der Waals surface area (Å²) in [6, 6.07) is 13.0. The van der Waals surface area contributed by atoms with Crippen molar-refractivity contribution in [1.29, 1.82) is 0 Å². The smallest absolute Gasteiger partial charge is 0.274 e. The number of aromatic amines is 1. The van der Waals surface area contributed by atoms with E-state index in [0.29, 0.717) is 16.2 Å². The summed E-state index contributed by atoms with van der Waals surface area (Å²) in [5.74, 6) is -0.239. The fourth-order valence-electron chi connectivity index (χ4n) is 2.00. The number of nitrogens with zero attached hydrogens (tertiary/aromatic N) is 2. The SMILES string of the molecule is O=C(Nc1ccncc1)c1c[nH]c(=S)n1-c1ccccc1. The molecule has 0 spiro atoms. The molecule has 2 heterocycles. The highest BCUT2D eigenvalue weighted by molar-refractivity contribution is 7.71. The molecule has 0 aliphatic heterocycles. The summed E-state index contributed by atoms with van der Waals surface area (Å²) in [5.41, 5.74) is 1.97. The molecule has 21 heavy (non-hydrogen) atoms. The van der Waals surface area contributed by atoms with Gasteiger partial charge < -0.3 is 10.3 Å². The molecule has 1 amide bonds. The summed E-state index contributed by atoms with van der Waals surface area (Å²) < 4.78 is 2.17. The van der Waals surface area contributed by atoms with Crippen LogP contribution < -0.4 is 5.32 Å². The number of aromatic nitrogens is 3. The molecule has 0 unspecified atom stereocenters. The first-order chi connectivity index (χ1) is 10.3. The quantitative estimate of drug-likeness (QED) is 0.730. The summed E-state index contributed by atoms with van der Waals surface area (Å²) in [7, 11) is 0. The lowest BCUT2D eigenvalue weighted by Crippen LogP contribution is -2.16. The first-order valence-electron chi connectivity index (χ1n) is 6.33. The van der Waals surface area contributed by atoms with Crippen LogP contribution in [0.2, 0.25) is 0 Å². The molecule has 0 fully saturated rings. The Bertz CT molecular complexity index is 808. The molecule has 3 rings (SSSR count). The van der Waals surface area contributed by atoms with Gasteiger partial charge in [-0.15, -0.1) is 0 Å². The first kappa shape index (κ1) is 13.3. The lowest BCUT2D eigenvalue weighted by atomic mass is 10.3. The van der Waals surface area contributed by atoms with Crippen molar-refractivity contribution in [2.75, 3.05) is 5.32 Å². The number of benzene rings is 1. The van der Waals surface area contributed by atoms with Crippen LogP contribution in [0.4, 0.5) is 5.69 Å². The summed E-state index contributed by atoms with van der Waals surface area (Å²) >= 11 is 5.26. The number of carbonyl (C=O) groups excluding carboxylic acids is 1. The minimum atomic E-state index is -0.239. The third-order valence-corrected chi connectivity index (χ3v) is 3.26. The van der Waals surface area contributed by atoms with Gasteiger partial charge in [-0.2, -0.15) is 0 Å². The molecule has 2 N–H and O–H groups in total. The van der Waals surface area contributed by atoms with Crippen LogP contribution in [-0.4, -0.2) is 20.4 Å². The van der Waals surface area contributed by atoms with Crippen molar-refractivity contribution in [2.24, 2.45) is 0 Å². The first-order valence-corrected chi connectivity index (χ1v) is 6.74. The molecule has 0 atom stereocenters. The molecule has 0 saturated carbocycles. The Labute approximate surface area is 126 Å². The summed E-state index contributed by atoms with van der Waals surface area (Å²) in [6.07, 6.45) is 4.85. The Balaban J connectivity index is 1.97. The van der Waals surface area contributed by atoms with E-state index in [1.807, 2.05) is 30.3 Å². The van der Waals surface area contributed by atoms with Crippen molar-refractivity contribution < 1.29 is 4.79 Å². The average Bonchev–Trinajstić information content (AvgIpc) is 2.91. The van der Waals surface area contributed by atoms with Crippen molar-refractivity contribution in [3.8, 4) is 5.69 Å². The molecule has 3 aromatic rings. The van der Waals surface area contributed by atoms with Crippen molar-refractivity contribution in [3.05, 3.63) is 71.5 Å². The topological polar surface area (TPSA) is 62.7 Å². The van der Waals surface area contributed by atoms with Crippen LogP contribution in [0, 0.1) is 4.77 Å². The minimum absolute atomic E-state index is 0.239. The van der Waals surface area contributed by atoms with E-state index in [-0.39, 0.29) is 5.91 Å². The summed E-state index contributed by atoms with van der Waals surface area (Å²) in [4.78, 5) is 19.2. The van der Waals surface area contributed by atoms with Crippen LogP contribution in [0.5, 0.6) is 0 Å². The Kier molecular flexibility index (Phi) is 3.61. The van der Waals surface area contributed by atoms with Crippen molar-refractivity contribution in [2.45, 2.75) is 0 Å². The number of rotatable bonds is 3. The number of carbonyl (C=O) groups is 1. The van der Waals surface area contributed by atoms with Crippen LogP contribution in [0.1, 0.15) is 10.5 Å². The van der Waals surface area contributed by atoms with Crippen molar-refractivity contribution in [1.82, 2.24) is 14.5 Å². The van der Waals surface area contributed by atoms with Gasteiger partial charge in [0.1, 0.15) is 5.69 Å². The molecule has 0 aliphatic rings. The number of hydrogen-bond acceptors (Lipinski definition) is 3. The van der Waals surface area contributed by atoms with Gasteiger partial charge in [-0.25, -0.2) is 0 Å². The van der Waals surface area contributed by atoms with Gasteiger partial charge in [-0.3, -0.25) is 14.3 Å². The van der Waals surface area contributed by atoms with Gasteiger partial charge in [0.15, 0.2) is 4.77 Å². The molecular formula is C15H12N4OS. The van der Waals surface area contributed by atoms with E-state index in [9.17, 15) is 4.79 Å². The van der Waals surface area contributed by atoms with Crippen LogP contribution in [0.15, 0.2) is 61.1 Å². The van der Waals surface area contributed by atoms with E-state index in [1.54, 1.807) is 35.3 Å². The van der Waals surface area contributed by atoms with E-state index in [1.165, 1.54) is 0 Å². The third kappa shape index (κ3) is 2.75. The van der Waals surface area contributed by atoms with E-state index < -0.39 is 0 Å². The summed E-state index contributed by atoms with van der Waals surface area (Å²) in [6.45, 7) is 0. The summed E-state index contributed by atoms with van der Waals surface area (Å²) in [5, 5.41) is 2.82. The van der Waals surface area contributed by atoms with E-state index in [2.05, 4.69) is 15.3 Å². The fourth-order valence-corrected chi connectivity index (χ4v) is 2.26. The van der Waals surface area contributed by atoms with Gasteiger partial charge in [0.25, 0.3) is 5.91 Å². The number of amides is 1. The largest absolute Gasteiger partial charge is 0.336 e. The lowest BCUT2D eigenvalue weighted by Gasteiger charge is -2.08. The number of H-pyrrole nitrogens is 1. The van der Waals surface area contributed by atoms with E-state index >= 15 is 0 Å². The van der Waals surface area contributed by atoms with Crippen molar-refractivity contribution in [3.63, 3.8) is 0 Å². The number of hydrogen-bond donors (Lipinski definition) is 2. The van der Waals surface area contributed by atoms with Crippen LogP contribution in [-0.2, 0) is 0 Å². The number of pyridine rings is 1. The van der Waals surface area contributed by atoms with Crippen LogP contribution in [0.25, 0.3) is 5.69 Å². The van der Waals surface area contributed by atoms with Gasteiger partial charge in [-0.05, 0) is 36.5 Å². The number of nitrogens with one attached hydrogen (secondary N) is 2. The maximum atomic E-state index is 12.4. The molecule has 0 radical (unpaired) electrons. The number of imidazole rings is 1. The zero-order valence-corrected chi connectivity index (χ0v) is 11.8. The zero-order valence-electron chi connectivity index (χ0n) is 11.0. The standard InChI is InChI=1S/C15H12N4OS/c20-14(18-11-6-8-16-9-7-11)13-10-17-15(21)19(13)12-4-2-1-3-5-12/h1-10H,(H,17,21)(H,16,18,20). The van der Waals surface area contributed by atoms with Crippen LogP contribution >= 0.6 is 12.2 Å². The fraction of sp³-hybridized carbons (Fsp3) is 0. The molecule has 1 aromatic carbocycles. The maximum Gasteiger partial charge on any atom is 0.274 e. The molecule has 104 valence electrons. The molecule has 2 aromatic heterocycles. The highest BCUT2D eigenvalue weighted by Gasteiger charge is 2.14. The second kappa shape index (κ2) is 5.72. The van der Waals surface area contributed by atoms with Gasteiger partial charge >= 0.3 is 0 Å². The molecular weight excluding hydrogens is 284 g/mol. The highest BCUT2D eigenvalue weighted by Crippen LogP contribution is 2.14. The molecule has 0 bridgehead atoms. The second-order valence-corrected chi connectivity index (χ2v) is 4.73. The predicted octanol–water partition coefficient (Wildman–Crippen LogP) is 3.18. The third-order valence-electron chi connectivity index (χ3n) is 2.96. The molecule has 6 heteroatoms. The monoisotopic (exact) mass is 296 g/mol. The van der Waals surface area contributed by atoms with Gasteiger partial charge in [0.2, 0.25) is 0 Å². The Morgan fingerprint density at radius 1 is 1.14 bits per heavy atom. The Hall–Kier alpha value is -2.73. The second-order valence-electron chi connectivity index (χ2n) is 4.34. The lowest BCUT2D eigenvalue weighted by molar-refractivity contribution is 0.102. The van der Waals surface area contributed by atoms with Gasteiger partial charge in [0.05, 0.1) is 0 Å². The zero-order chi connectivity index (χ0) is 14.7. The van der Waals surface area contributed by atoms with Gasteiger partial charge in [0, 0.05) is 30.0 Å².